The Morgan fingerprint density at radius 1 is 1.71 bits per heavy atom. The number of anilines is 1. The number of hydrogen-bond donors (Lipinski definition) is 5. The van der Waals surface area contributed by atoms with Crippen molar-refractivity contribution < 1.29 is 9.90 Å². The average molecular weight is 199 g/mol. The van der Waals surface area contributed by atoms with Gasteiger partial charge in [-0.05, 0) is 0 Å². The van der Waals surface area contributed by atoms with Crippen LogP contribution in [0.4, 0.5) is 5.82 Å². The standard InChI is InChI=1S/C7H13N5O2/c1-8-11-6-4-5(10-12-6)7(14)9-2-3-13/h4,8,13H,2-3H2,1H3,(H,9,14)(H2,10,11,12). The van der Waals surface area contributed by atoms with Crippen LogP contribution in [0.15, 0.2) is 6.07 Å². The highest BCUT2D eigenvalue weighted by Gasteiger charge is 2.07. The second-order valence-corrected chi connectivity index (χ2v) is 2.52. The Bertz CT molecular complexity index is 298. The van der Waals surface area contributed by atoms with Crippen LogP contribution >= 0.6 is 0 Å². The number of hydrazine groups is 1. The molecule has 14 heavy (non-hydrogen) atoms. The van der Waals surface area contributed by atoms with Crippen LogP contribution < -0.4 is 16.2 Å². The maximum atomic E-state index is 11.3. The SMILES string of the molecule is CNNc1cc(C(=O)NCCO)[nH]n1. The minimum absolute atomic E-state index is 0.0818. The van der Waals surface area contributed by atoms with E-state index in [1.165, 1.54) is 0 Å². The number of aliphatic hydroxyl groups excluding tert-OH is 1. The number of rotatable bonds is 5. The number of amides is 1. The molecular formula is C7H13N5O2. The lowest BCUT2D eigenvalue weighted by molar-refractivity contribution is 0.0940. The van der Waals surface area contributed by atoms with Gasteiger partial charge in [0.05, 0.1) is 6.61 Å². The highest BCUT2D eigenvalue weighted by atomic mass is 16.3. The van der Waals surface area contributed by atoms with Crippen LogP contribution in [0.3, 0.4) is 0 Å². The average Bonchev–Trinajstić information content (AvgIpc) is 2.63. The summed E-state index contributed by atoms with van der Waals surface area (Å²) in [5.74, 6) is 0.234. The molecule has 78 valence electrons. The number of nitrogens with zero attached hydrogens (tertiary/aromatic N) is 1. The quantitative estimate of drug-likeness (QED) is 0.378. The lowest BCUT2D eigenvalue weighted by Gasteiger charge is -1.98. The van der Waals surface area contributed by atoms with Gasteiger partial charge in [-0.2, -0.15) is 5.10 Å². The molecule has 5 N–H and O–H groups in total. The van der Waals surface area contributed by atoms with E-state index < -0.39 is 0 Å². The van der Waals surface area contributed by atoms with E-state index in [-0.39, 0.29) is 19.1 Å². The monoisotopic (exact) mass is 199 g/mol. The molecule has 7 heteroatoms. The van der Waals surface area contributed by atoms with Crippen molar-refractivity contribution in [1.82, 2.24) is 20.9 Å². The second kappa shape index (κ2) is 5.20. The Morgan fingerprint density at radius 2 is 2.50 bits per heavy atom. The number of nitrogens with one attached hydrogen (secondary N) is 4. The third-order valence-electron chi connectivity index (χ3n) is 1.47. The van der Waals surface area contributed by atoms with E-state index in [9.17, 15) is 4.79 Å². The van der Waals surface area contributed by atoms with Crippen LogP contribution in [0, 0.1) is 0 Å². The van der Waals surface area contributed by atoms with E-state index in [2.05, 4.69) is 26.4 Å². The molecule has 7 nitrogen and oxygen atoms in total. The first-order valence-corrected chi connectivity index (χ1v) is 4.15. The molecular weight excluding hydrogens is 186 g/mol. The van der Waals surface area contributed by atoms with Gasteiger partial charge in [-0.1, -0.05) is 0 Å². The molecule has 0 unspecified atom stereocenters. The number of H-pyrrole nitrogens is 1. The van der Waals surface area contributed by atoms with Gasteiger partial charge in [0.1, 0.15) is 5.69 Å². The second-order valence-electron chi connectivity index (χ2n) is 2.52. The summed E-state index contributed by atoms with van der Waals surface area (Å²) in [4.78, 5) is 11.3. The summed E-state index contributed by atoms with van der Waals surface area (Å²) in [6.45, 7) is 0.147. The first kappa shape index (κ1) is 10.5. The molecule has 0 aliphatic heterocycles. The Morgan fingerprint density at radius 3 is 3.14 bits per heavy atom. The number of carbonyl (C=O) groups is 1. The van der Waals surface area contributed by atoms with Gasteiger partial charge in [-0.25, -0.2) is 5.43 Å². The van der Waals surface area contributed by atoms with E-state index >= 15 is 0 Å². The molecule has 1 aromatic rings. The van der Waals surface area contributed by atoms with Gasteiger partial charge >= 0.3 is 0 Å². The van der Waals surface area contributed by atoms with Crippen molar-refractivity contribution in [3.8, 4) is 0 Å². The molecule has 0 aliphatic rings. The summed E-state index contributed by atoms with van der Waals surface area (Å²) >= 11 is 0. The minimum atomic E-state index is -0.296. The fraction of sp³-hybridized carbons (Fsp3) is 0.429. The lowest BCUT2D eigenvalue weighted by atomic mass is 10.4. The first-order valence-electron chi connectivity index (χ1n) is 4.15. The van der Waals surface area contributed by atoms with Gasteiger partial charge in [0.15, 0.2) is 5.82 Å². The van der Waals surface area contributed by atoms with E-state index in [1.807, 2.05) is 0 Å². The summed E-state index contributed by atoms with van der Waals surface area (Å²) in [5, 5.41) is 17.4. The zero-order valence-electron chi connectivity index (χ0n) is 7.79. The van der Waals surface area contributed by atoms with Crippen molar-refractivity contribution in [3.63, 3.8) is 0 Å². The summed E-state index contributed by atoms with van der Waals surface area (Å²) in [6, 6.07) is 1.56. The van der Waals surface area contributed by atoms with Gasteiger partial charge in [0.2, 0.25) is 0 Å². The van der Waals surface area contributed by atoms with Crippen molar-refractivity contribution in [2.45, 2.75) is 0 Å². The molecule has 0 saturated carbocycles. The van der Waals surface area contributed by atoms with Crippen molar-refractivity contribution in [3.05, 3.63) is 11.8 Å². The molecule has 0 aromatic carbocycles. The third-order valence-corrected chi connectivity index (χ3v) is 1.47. The van der Waals surface area contributed by atoms with Gasteiger partial charge < -0.3 is 15.8 Å². The predicted octanol–water partition coefficient (Wildman–Crippen LogP) is -1.32. The largest absolute Gasteiger partial charge is 0.395 e. The van der Waals surface area contributed by atoms with Crippen LogP contribution in [-0.4, -0.2) is 41.4 Å². The summed E-state index contributed by atoms with van der Waals surface area (Å²) < 4.78 is 0. The van der Waals surface area contributed by atoms with Crippen molar-refractivity contribution in [1.29, 1.82) is 0 Å². The zero-order chi connectivity index (χ0) is 10.4. The molecule has 1 aromatic heterocycles. The molecule has 0 bridgehead atoms. The van der Waals surface area contributed by atoms with Crippen molar-refractivity contribution in [2.75, 3.05) is 25.6 Å². The summed E-state index contributed by atoms with van der Waals surface area (Å²) in [6.07, 6.45) is 0. The Labute approximate surface area is 80.9 Å². The van der Waals surface area contributed by atoms with Crippen LogP contribution in [-0.2, 0) is 0 Å². The van der Waals surface area contributed by atoms with Gasteiger partial charge in [-0.3, -0.25) is 9.89 Å². The van der Waals surface area contributed by atoms with Crippen LogP contribution in [0.5, 0.6) is 0 Å². The highest BCUT2D eigenvalue weighted by Crippen LogP contribution is 2.02. The maximum absolute atomic E-state index is 11.3. The Balaban J connectivity index is 2.53. The molecule has 0 fully saturated rings. The predicted molar refractivity (Wildman–Crippen MR) is 50.7 cm³/mol. The highest BCUT2D eigenvalue weighted by molar-refractivity contribution is 5.92. The van der Waals surface area contributed by atoms with E-state index in [0.717, 1.165) is 0 Å². The Hall–Kier alpha value is -1.60. The molecule has 0 saturated heterocycles. The smallest absolute Gasteiger partial charge is 0.269 e. The molecule has 1 rings (SSSR count). The first-order chi connectivity index (χ1) is 6.77. The van der Waals surface area contributed by atoms with Crippen molar-refractivity contribution >= 4 is 11.7 Å². The van der Waals surface area contributed by atoms with Crippen LogP contribution in [0.25, 0.3) is 0 Å². The number of aromatic amines is 1. The molecule has 0 atom stereocenters. The molecule has 0 spiro atoms. The fourth-order valence-corrected chi connectivity index (χ4v) is 0.895. The normalized spacial score (nSPS) is 9.86. The van der Waals surface area contributed by atoms with Crippen LogP contribution in [0.1, 0.15) is 10.5 Å². The molecule has 1 amide bonds. The van der Waals surface area contributed by atoms with Gasteiger partial charge in [-0.15, -0.1) is 0 Å². The van der Waals surface area contributed by atoms with Gasteiger partial charge in [0.25, 0.3) is 5.91 Å². The van der Waals surface area contributed by atoms with E-state index in [0.29, 0.717) is 11.5 Å². The summed E-state index contributed by atoms with van der Waals surface area (Å²) in [7, 11) is 1.69. The van der Waals surface area contributed by atoms with Crippen molar-refractivity contribution in [2.24, 2.45) is 0 Å². The zero-order valence-corrected chi connectivity index (χ0v) is 7.79. The molecule has 1 heterocycles. The Kier molecular flexibility index (Phi) is 3.89. The topological polar surface area (TPSA) is 102 Å². The number of aromatic nitrogens is 2. The van der Waals surface area contributed by atoms with Crippen LogP contribution in [0.2, 0.25) is 0 Å². The molecule has 0 radical (unpaired) electrons. The third kappa shape index (κ3) is 2.71. The molecule has 0 aliphatic carbocycles. The minimum Gasteiger partial charge on any atom is -0.395 e. The number of hydrogen-bond acceptors (Lipinski definition) is 5. The number of carbonyl (C=O) groups excluding carboxylic acids is 1. The fourth-order valence-electron chi connectivity index (χ4n) is 0.895. The maximum Gasteiger partial charge on any atom is 0.269 e. The number of aliphatic hydroxyl groups is 1. The lowest BCUT2D eigenvalue weighted by Crippen LogP contribution is -2.26. The summed E-state index contributed by atoms with van der Waals surface area (Å²) in [5.41, 5.74) is 5.74. The van der Waals surface area contributed by atoms with E-state index in [4.69, 9.17) is 5.11 Å². The van der Waals surface area contributed by atoms with Gasteiger partial charge in [0, 0.05) is 19.7 Å². The van der Waals surface area contributed by atoms with E-state index in [1.54, 1.807) is 13.1 Å².